The summed E-state index contributed by atoms with van der Waals surface area (Å²) >= 11 is 0. The third-order valence-electron chi connectivity index (χ3n) is 3.21. The zero-order chi connectivity index (χ0) is 12.3. The number of nitrogens with zero attached hydrogens (tertiary/aromatic N) is 1. The minimum atomic E-state index is -0.425. The second kappa shape index (κ2) is 5.30. The molecule has 0 aliphatic heterocycles. The van der Waals surface area contributed by atoms with Crippen LogP contribution in [0.1, 0.15) is 18.6 Å². The Kier molecular flexibility index (Phi) is 3.77. The summed E-state index contributed by atoms with van der Waals surface area (Å²) in [6, 6.07) is 14.3. The van der Waals surface area contributed by atoms with Gasteiger partial charge in [0.1, 0.15) is 0 Å². The van der Waals surface area contributed by atoms with E-state index in [0.717, 1.165) is 17.5 Å². The van der Waals surface area contributed by atoms with Crippen molar-refractivity contribution in [1.82, 2.24) is 4.90 Å². The Balaban J connectivity index is 2.34. The van der Waals surface area contributed by atoms with Crippen molar-refractivity contribution in [3.05, 3.63) is 48.0 Å². The fourth-order valence-corrected chi connectivity index (χ4v) is 2.06. The molecule has 2 nitrogen and oxygen atoms in total. The molecule has 0 saturated heterocycles. The number of aliphatic hydroxyl groups is 1. The molecule has 2 aromatic rings. The first-order valence-corrected chi connectivity index (χ1v) is 6.06. The van der Waals surface area contributed by atoms with Crippen LogP contribution in [0.3, 0.4) is 0 Å². The summed E-state index contributed by atoms with van der Waals surface area (Å²) in [4.78, 5) is 2.12. The average molecular weight is 229 g/mol. The molecule has 0 aliphatic carbocycles. The molecule has 2 rings (SSSR count). The highest BCUT2D eigenvalue weighted by atomic mass is 16.3. The molecule has 0 radical (unpaired) electrons. The van der Waals surface area contributed by atoms with Crippen LogP contribution in [-0.4, -0.2) is 30.1 Å². The highest BCUT2D eigenvalue weighted by Crippen LogP contribution is 2.24. The van der Waals surface area contributed by atoms with Gasteiger partial charge in [-0.1, -0.05) is 49.4 Å². The number of fused-ring (bicyclic) bond motifs is 1. The molecule has 0 aliphatic rings. The van der Waals surface area contributed by atoms with Crippen LogP contribution in [0.15, 0.2) is 42.5 Å². The number of benzene rings is 2. The van der Waals surface area contributed by atoms with Gasteiger partial charge in [-0.25, -0.2) is 0 Å². The second-order valence-corrected chi connectivity index (χ2v) is 4.44. The molecule has 0 amide bonds. The number of likely N-dealkylation sites (N-methyl/N-ethyl adjacent to an activating group) is 1. The molecule has 1 unspecified atom stereocenters. The second-order valence-electron chi connectivity index (χ2n) is 4.44. The van der Waals surface area contributed by atoms with E-state index in [1.165, 1.54) is 5.39 Å². The zero-order valence-corrected chi connectivity index (χ0v) is 10.4. The number of hydrogen-bond donors (Lipinski definition) is 1. The van der Waals surface area contributed by atoms with E-state index in [1.807, 2.05) is 31.3 Å². The normalized spacial score (nSPS) is 13.2. The van der Waals surface area contributed by atoms with Gasteiger partial charge in [0.15, 0.2) is 0 Å². The van der Waals surface area contributed by atoms with Gasteiger partial charge in [-0.15, -0.1) is 0 Å². The lowest BCUT2D eigenvalue weighted by molar-refractivity contribution is 0.131. The van der Waals surface area contributed by atoms with Crippen LogP contribution in [-0.2, 0) is 0 Å². The van der Waals surface area contributed by atoms with Gasteiger partial charge in [-0.05, 0) is 29.9 Å². The van der Waals surface area contributed by atoms with Crippen molar-refractivity contribution < 1.29 is 5.11 Å². The van der Waals surface area contributed by atoms with Crippen molar-refractivity contribution >= 4 is 10.8 Å². The van der Waals surface area contributed by atoms with Crippen molar-refractivity contribution in [2.45, 2.75) is 13.0 Å². The molecule has 17 heavy (non-hydrogen) atoms. The van der Waals surface area contributed by atoms with Crippen molar-refractivity contribution in [1.29, 1.82) is 0 Å². The van der Waals surface area contributed by atoms with E-state index in [4.69, 9.17) is 0 Å². The topological polar surface area (TPSA) is 23.5 Å². The Labute approximate surface area is 102 Å². The Hall–Kier alpha value is -1.38. The quantitative estimate of drug-likeness (QED) is 0.871. The molecule has 2 aromatic carbocycles. The maximum absolute atomic E-state index is 10.3. The highest BCUT2D eigenvalue weighted by Gasteiger charge is 2.12. The molecular weight excluding hydrogens is 210 g/mol. The van der Waals surface area contributed by atoms with Crippen molar-refractivity contribution in [3.63, 3.8) is 0 Å². The Morgan fingerprint density at radius 2 is 1.82 bits per heavy atom. The first-order chi connectivity index (χ1) is 8.22. The van der Waals surface area contributed by atoms with Gasteiger partial charge in [-0.2, -0.15) is 0 Å². The smallest absolute Gasteiger partial charge is 0.0922 e. The molecule has 1 N–H and O–H groups in total. The van der Waals surface area contributed by atoms with Gasteiger partial charge in [0, 0.05) is 6.54 Å². The maximum atomic E-state index is 10.3. The van der Waals surface area contributed by atoms with Gasteiger partial charge in [0.25, 0.3) is 0 Å². The summed E-state index contributed by atoms with van der Waals surface area (Å²) in [5.74, 6) is 0. The lowest BCUT2D eigenvalue weighted by Gasteiger charge is -2.20. The van der Waals surface area contributed by atoms with Gasteiger partial charge < -0.3 is 10.0 Å². The van der Waals surface area contributed by atoms with E-state index in [-0.39, 0.29) is 0 Å². The SMILES string of the molecule is CCN(C)CC(O)c1cccc2ccccc12. The summed E-state index contributed by atoms with van der Waals surface area (Å²) in [7, 11) is 2.02. The van der Waals surface area contributed by atoms with Crippen LogP contribution < -0.4 is 0 Å². The zero-order valence-electron chi connectivity index (χ0n) is 10.4. The maximum Gasteiger partial charge on any atom is 0.0922 e. The lowest BCUT2D eigenvalue weighted by atomic mass is 10.0. The monoisotopic (exact) mass is 229 g/mol. The van der Waals surface area contributed by atoms with E-state index in [9.17, 15) is 5.11 Å². The van der Waals surface area contributed by atoms with Crippen LogP contribution >= 0.6 is 0 Å². The first-order valence-electron chi connectivity index (χ1n) is 6.06. The minimum Gasteiger partial charge on any atom is -0.387 e. The van der Waals surface area contributed by atoms with Crippen molar-refractivity contribution in [2.75, 3.05) is 20.1 Å². The first kappa shape index (κ1) is 12.1. The number of rotatable bonds is 4. The van der Waals surface area contributed by atoms with Crippen LogP contribution in [0, 0.1) is 0 Å². The molecule has 0 bridgehead atoms. The number of aliphatic hydroxyl groups excluding tert-OH is 1. The molecule has 2 heteroatoms. The fraction of sp³-hybridized carbons (Fsp3) is 0.333. The Bertz CT molecular complexity index is 490. The minimum absolute atomic E-state index is 0.425. The molecule has 0 saturated carbocycles. The van der Waals surface area contributed by atoms with E-state index >= 15 is 0 Å². The standard InChI is InChI=1S/C15H19NO/c1-3-16(2)11-15(17)14-10-6-8-12-7-4-5-9-13(12)14/h4-10,15,17H,3,11H2,1-2H3. The third-order valence-corrected chi connectivity index (χ3v) is 3.21. The van der Waals surface area contributed by atoms with Crippen LogP contribution in [0.5, 0.6) is 0 Å². The largest absolute Gasteiger partial charge is 0.387 e. The van der Waals surface area contributed by atoms with Crippen molar-refractivity contribution in [2.24, 2.45) is 0 Å². The lowest BCUT2D eigenvalue weighted by Crippen LogP contribution is -2.24. The van der Waals surface area contributed by atoms with Gasteiger partial charge in [0.2, 0.25) is 0 Å². The summed E-state index contributed by atoms with van der Waals surface area (Å²) in [5.41, 5.74) is 1.02. The summed E-state index contributed by atoms with van der Waals surface area (Å²) in [5, 5.41) is 12.6. The Morgan fingerprint density at radius 1 is 1.12 bits per heavy atom. The predicted octanol–water partition coefficient (Wildman–Crippen LogP) is 2.82. The summed E-state index contributed by atoms with van der Waals surface area (Å²) < 4.78 is 0. The molecule has 0 heterocycles. The summed E-state index contributed by atoms with van der Waals surface area (Å²) in [6.07, 6.45) is -0.425. The van der Waals surface area contributed by atoms with Gasteiger partial charge in [0.05, 0.1) is 6.10 Å². The van der Waals surface area contributed by atoms with E-state index in [1.54, 1.807) is 0 Å². The van der Waals surface area contributed by atoms with Gasteiger partial charge >= 0.3 is 0 Å². The molecule has 0 fully saturated rings. The van der Waals surface area contributed by atoms with Crippen molar-refractivity contribution in [3.8, 4) is 0 Å². The van der Waals surface area contributed by atoms with Crippen LogP contribution in [0.4, 0.5) is 0 Å². The third kappa shape index (κ3) is 2.65. The van der Waals surface area contributed by atoms with Crippen LogP contribution in [0.2, 0.25) is 0 Å². The molecule has 90 valence electrons. The fourth-order valence-electron chi connectivity index (χ4n) is 2.06. The predicted molar refractivity (Wildman–Crippen MR) is 72.1 cm³/mol. The molecule has 1 atom stereocenters. The average Bonchev–Trinajstić information content (AvgIpc) is 2.37. The molecule has 0 aromatic heterocycles. The highest BCUT2D eigenvalue weighted by molar-refractivity contribution is 5.85. The Morgan fingerprint density at radius 3 is 2.59 bits per heavy atom. The van der Waals surface area contributed by atoms with Gasteiger partial charge in [-0.3, -0.25) is 0 Å². The molecule has 0 spiro atoms. The van der Waals surface area contributed by atoms with E-state index < -0.39 is 6.10 Å². The summed E-state index contributed by atoms with van der Waals surface area (Å²) in [6.45, 7) is 3.71. The van der Waals surface area contributed by atoms with E-state index in [0.29, 0.717) is 6.54 Å². The van der Waals surface area contributed by atoms with E-state index in [2.05, 4.69) is 30.0 Å². The molecular formula is C15H19NO. The number of hydrogen-bond acceptors (Lipinski definition) is 2. The van der Waals surface area contributed by atoms with Crippen LogP contribution in [0.25, 0.3) is 10.8 Å².